The van der Waals surface area contributed by atoms with E-state index in [1.165, 1.54) is 42.5 Å². The number of nitro benzene ring substituents is 1. The molecular formula is C20H14ClF3N4O4S. The van der Waals surface area contributed by atoms with Gasteiger partial charge in [0.05, 0.1) is 21.6 Å². The van der Waals surface area contributed by atoms with E-state index >= 15 is 0 Å². The van der Waals surface area contributed by atoms with Gasteiger partial charge in [0.15, 0.2) is 0 Å². The van der Waals surface area contributed by atoms with E-state index in [9.17, 15) is 31.7 Å². The van der Waals surface area contributed by atoms with Gasteiger partial charge in [0.25, 0.3) is 15.7 Å². The van der Waals surface area contributed by atoms with E-state index in [-0.39, 0.29) is 16.9 Å². The molecule has 0 aliphatic carbocycles. The van der Waals surface area contributed by atoms with E-state index in [0.29, 0.717) is 5.02 Å². The summed E-state index contributed by atoms with van der Waals surface area (Å²) < 4.78 is 66.6. The summed E-state index contributed by atoms with van der Waals surface area (Å²) in [4.78, 5) is 10.2. The zero-order chi connectivity index (χ0) is 24.2. The molecule has 0 atom stereocenters. The molecule has 0 saturated carbocycles. The van der Waals surface area contributed by atoms with Crippen molar-refractivity contribution in [1.82, 2.24) is 0 Å². The van der Waals surface area contributed by atoms with Gasteiger partial charge in [-0.25, -0.2) is 8.42 Å². The van der Waals surface area contributed by atoms with Gasteiger partial charge in [0, 0.05) is 22.3 Å². The van der Waals surface area contributed by atoms with Crippen LogP contribution in [0.5, 0.6) is 0 Å². The summed E-state index contributed by atoms with van der Waals surface area (Å²) >= 11 is 5.76. The van der Waals surface area contributed by atoms with Crippen LogP contribution < -0.4 is 10.1 Å². The van der Waals surface area contributed by atoms with E-state index in [0.717, 1.165) is 30.5 Å². The first kappa shape index (κ1) is 24.0. The Labute approximate surface area is 190 Å². The highest BCUT2D eigenvalue weighted by molar-refractivity contribution is 7.92. The molecule has 3 rings (SSSR count). The molecule has 2 N–H and O–H groups in total. The number of hydrogen-bond donors (Lipinski definition) is 2. The van der Waals surface area contributed by atoms with Crippen molar-refractivity contribution in [2.45, 2.75) is 11.1 Å². The number of nitrogens with zero attached hydrogens (tertiary/aromatic N) is 2. The first-order valence-electron chi connectivity index (χ1n) is 8.99. The molecule has 0 fully saturated rings. The minimum Gasteiger partial charge on any atom is -0.280 e. The highest BCUT2D eigenvalue weighted by Crippen LogP contribution is 2.32. The Bertz CT molecular complexity index is 1310. The number of anilines is 2. The van der Waals surface area contributed by atoms with Crippen LogP contribution in [0.25, 0.3) is 0 Å². The van der Waals surface area contributed by atoms with Gasteiger partial charge in [0.1, 0.15) is 5.69 Å². The largest absolute Gasteiger partial charge is 0.417 e. The van der Waals surface area contributed by atoms with E-state index in [4.69, 9.17) is 11.6 Å². The molecule has 0 unspecified atom stereocenters. The second-order valence-corrected chi connectivity index (χ2v) is 8.62. The summed E-state index contributed by atoms with van der Waals surface area (Å²) in [6, 6.07) is 13.4. The lowest BCUT2D eigenvalue weighted by Gasteiger charge is -2.10. The van der Waals surface area contributed by atoms with Crippen LogP contribution in [0.2, 0.25) is 5.02 Å². The number of sulfonamides is 1. The molecule has 0 heterocycles. The third-order valence-electron chi connectivity index (χ3n) is 4.23. The van der Waals surface area contributed by atoms with E-state index in [2.05, 4.69) is 15.2 Å². The molecule has 13 heteroatoms. The fourth-order valence-electron chi connectivity index (χ4n) is 2.70. The summed E-state index contributed by atoms with van der Waals surface area (Å²) in [5.41, 5.74) is 0.430. The lowest BCUT2D eigenvalue weighted by atomic mass is 10.1. The average Bonchev–Trinajstić information content (AvgIpc) is 2.75. The molecule has 8 nitrogen and oxygen atoms in total. The number of halogens is 4. The number of rotatable bonds is 7. The van der Waals surface area contributed by atoms with Crippen LogP contribution >= 0.6 is 11.6 Å². The predicted molar refractivity (Wildman–Crippen MR) is 118 cm³/mol. The molecule has 0 aliphatic heterocycles. The van der Waals surface area contributed by atoms with Crippen molar-refractivity contribution in [1.29, 1.82) is 0 Å². The minimum atomic E-state index is -4.61. The number of hydrazone groups is 1. The van der Waals surface area contributed by atoms with Crippen molar-refractivity contribution >= 4 is 44.9 Å². The number of nitrogens with one attached hydrogen (secondary N) is 2. The predicted octanol–water partition coefficient (Wildman–Crippen LogP) is 5.51. The van der Waals surface area contributed by atoms with E-state index in [1.807, 2.05) is 0 Å². The first-order valence-corrected chi connectivity index (χ1v) is 10.9. The molecule has 33 heavy (non-hydrogen) atoms. The second kappa shape index (κ2) is 9.46. The number of benzene rings is 3. The molecule has 172 valence electrons. The molecule has 0 aromatic heterocycles. The summed E-state index contributed by atoms with van der Waals surface area (Å²) in [6.07, 6.45) is -3.75. The van der Waals surface area contributed by atoms with Crippen LogP contribution in [0.3, 0.4) is 0 Å². The number of hydrogen-bond acceptors (Lipinski definition) is 6. The van der Waals surface area contributed by atoms with Crippen molar-refractivity contribution in [3.8, 4) is 0 Å². The van der Waals surface area contributed by atoms with Crippen molar-refractivity contribution in [2.75, 3.05) is 10.1 Å². The third-order valence-corrected chi connectivity index (χ3v) is 5.86. The Morgan fingerprint density at radius 2 is 1.70 bits per heavy atom. The Morgan fingerprint density at radius 3 is 2.33 bits per heavy atom. The highest BCUT2D eigenvalue weighted by atomic mass is 35.5. The fraction of sp³-hybridized carbons (Fsp3) is 0.0500. The third kappa shape index (κ3) is 5.99. The van der Waals surface area contributed by atoms with Crippen LogP contribution in [0.4, 0.5) is 30.2 Å². The molecule has 0 saturated heterocycles. The molecular weight excluding hydrogens is 485 g/mol. The van der Waals surface area contributed by atoms with Crippen LogP contribution in [0.1, 0.15) is 11.1 Å². The first-order chi connectivity index (χ1) is 15.5. The van der Waals surface area contributed by atoms with E-state index in [1.54, 1.807) is 0 Å². The van der Waals surface area contributed by atoms with Gasteiger partial charge in [-0.05, 0) is 42.5 Å². The minimum absolute atomic E-state index is 0.192. The molecule has 3 aromatic carbocycles. The normalized spacial score (nSPS) is 12.0. The molecule has 0 amide bonds. The van der Waals surface area contributed by atoms with Gasteiger partial charge in [-0.1, -0.05) is 29.8 Å². The molecule has 0 aliphatic rings. The lowest BCUT2D eigenvalue weighted by molar-refractivity contribution is -0.384. The Hall–Kier alpha value is -3.64. The van der Waals surface area contributed by atoms with Crippen LogP contribution in [-0.2, 0) is 16.2 Å². The van der Waals surface area contributed by atoms with Gasteiger partial charge in [-0.2, -0.15) is 18.3 Å². The van der Waals surface area contributed by atoms with Gasteiger partial charge >= 0.3 is 6.18 Å². The average molecular weight is 499 g/mol. The van der Waals surface area contributed by atoms with Gasteiger partial charge in [-0.3, -0.25) is 20.3 Å². The number of alkyl halides is 3. The molecule has 3 aromatic rings. The SMILES string of the molecule is O=[N+]([O-])c1cc(S(=O)(=O)Nc2ccc(Cl)cc2)ccc1NN=Cc1ccccc1C(F)(F)F. The fourth-order valence-corrected chi connectivity index (χ4v) is 3.90. The monoisotopic (exact) mass is 498 g/mol. The van der Waals surface area contributed by atoms with Crippen LogP contribution in [0.15, 0.2) is 76.7 Å². The van der Waals surface area contributed by atoms with Crippen molar-refractivity contribution in [3.63, 3.8) is 0 Å². The Balaban J connectivity index is 1.86. The lowest BCUT2D eigenvalue weighted by Crippen LogP contribution is -2.13. The maximum absolute atomic E-state index is 13.1. The zero-order valence-corrected chi connectivity index (χ0v) is 17.9. The van der Waals surface area contributed by atoms with Crippen molar-refractivity contribution in [3.05, 3.63) is 93.0 Å². The van der Waals surface area contributed by atoms with Crippen LogP contribution in [-0.4, -0.2) is 19.6 Å². The summed E-state index contributed by atoms with van der Waals surface area (Å²) in [7, 11) is -4.17. The second-order valence-electron chi connectivity index (χ2n) is 6.50. The Morgan fingerprint density at radius 1 is 1.03 bits per heavy atom. The van der Waals surface area contributed by atoms with Crippen molar-refractivity contribution in [2.24, 2.45) is 5.10 Å². The van der Waals surface area contributed by atoms with E-state index < -0.39 is 37.3 Å². The van der Waals surface area contributed by atoms with Crippen molar-refractivity contribution < 1.29 is 26.5 Å². The van der Waals surface area contributed by atoms with Gasteiger partial charge in [-0.15, -0.1) is 0 Å². The molecule has 0 radical (unpaired) electrons. The maximum atomic E-state index is 13.1. The molecule has 0 bridgehead atoms. The smallest absolute Gasteiger partial charge is 0.280 e. The maximum Gasteiger partial charge on any atom is 0.417 e. The molecule has 0 spiro atoms. The topological polar surface area (TPSA) is 114 Å². The highest BCUT2D eigenvalue weighted by Gasteiger charge is 2.32. The zero-order valence-electron chi connectivity index (χ0n) is 16.4. The van der Waals surface area contributed by atoms with Gasteiger partial charge < -0.3 is 0 Å². The Kier molecular flexibility index (Phi) is 6.89. The standard InChI is InChI=1S/C20H14ClF3N4O4S/c21-14-5-7-15(8-6-14)27-33(31,32)16-9-10-18(19(11-16)28(29)30)26-25-12-13-3-1-2-4-17(13)20(22,23)24/h1-12,26-27H. The van der Waals surface area contributed by atoms with Crippen LogP contribution in [0, 0.1) is 10.1 Å². The summed E-state index contributed by atoms with van der Waals surface area (Å²) in [5, 5.41) is 15.5. The summed E-state index contributed by atoms with van der Waals surface area (Å²) in [6.45, 7) is 0. The quantitative estimate of drug-likeness (QED) is 0.253. The van der Waals surface area contributed by atoms with Gasteiger partial charge in [0.2, 0.25) is 0 Å². The summed E-state index contributed by atoms with van der Waals surface area (Å²) in [5.74, 6) is 0. The number of nitro groups is 1.